The molecule has 0 bridgehead atoms. The summed E-state index contributed by atoms with van der Waals surface area (Å²) in [6.07, 6.45) is 1.80. The highest BCUT2D eigenvalue weighted by Crippen LogP contribution is 2.24. The van der Waals surface area contributed by atoms with Crippen LogP contribution in [0.4, 0.5) is 0 Å². The van der Waals surface area contributed by atoms with Crippen LogP contribution in [0, 0.1) is 0 Å². The van der Waals surface area contributed by atoms with Crippen LogP contribution >= 0.6 is 0 Å². The topological polar surface area (TPSA) is 60.9 Å². The van der Waals surface area contributed by atoms with E-state index < -0.39 is 5.91 Å². The molecular weight excluding hydrogens is 262 g/mol. The number of hydrogen-bond donors (Lipinski definition) is 1. The molecule has 0 fully saturated rings. The lowest BCUT2D eigenvalue weighted by atomic mass is 10.0. The molecule has 0 saturated carbocycles. The number of fused-ring (bicyclic) bond motifs is 1. The van der Waals surface area contributed by atoms with E-state index in [0.717, 1.165) is 10.9 Å². The van der Waals surface area contributed by atoms with E-state index in [1.54, 1.807) is 23.0 Å². The van der Waals surface area contributed by atoms with Gasteiger partial charge in [-0.1, -0.05) is 38.1 Å². The maximum absolute atomic E-state index is 11.6. The van der Waals surface area contributed by atoms with Gasteiger partial charge in [0.15, 0.2) is 0 Å². The zero-order chi connectivity index (χ0) is 15.0. The predicted octanol–water partition coefficient (Wildman–Crippen LogP) is 3.25. The zero-order valence-electron chi connectivity index (χ0n) is 12.1. The van der Waals surface area contributed by atoms with E-state index in [9.17, 15) is 4.79 Å². The van der Waals surface area contributed by atoms with Crippen molar-refractivity contribution in [1.29, 1.82) is 0 Å². The van der Waals surface area contributed by atoms with E-state index in [4.69, 9.17) is 5.73 Å². The number of aromatic nitrogens is 2. The van der Waals surface area contributed by atoms with Gasteiger partial charge in [0.05, 0.1) is 23.0 Å². The van der Waals surface area contributed by atoms with Gasteiger partial charge >= 0.3 is 0 Å². The van der Waals surface area contributed by atoms with E-state index in [-0.39, 0.29) is 0 Å². The van der Waals surface area contributed by atoms with E-state index in [0.29, 0.717) is 17.2 Å². The Kier molecular flexibility index (Phi) is 3.22. The summed E-state index contributed by atoms with van der Waals surface area (Å²) in [4.78, 5) is 11.6. The molecular formula is C17H17N3O. The van der Waals surface area contributed by atoms with Gasteiger partial charge in [-0.3, -0.25) is 4.79 Å². The summed E-state index contributed by atoms with van der Waals surface area (Å²) in [6, 6.07) is 13.5. The average Bonchev–Trinajstić information content (AvgIpc) is 2.89. The highest BCUT2D eigenvalue weighted by atomic mass is 16.1. The van der Waals surface area contributed by atoms with E-state index in [1.165, 1.54) is 5.56 Å². The van der Waals surface area contributed by atoms with Crippen LogP contribution in [-0.4, -0.2) is 15.7 Å². The minimum Gasteiger partial charge on any atom is -0.366 e. The van der Waals surface area contributed by atoms with Crippen molar-refractivity contribution in [3.8, 4) is 5.69 Å². The molecule has 106 valence electrons. The minimum absolute atomic E-state index is 0.434. The number of para-hydroxylation sites is 1. The van der Waals surface area contributed by atoms with Crippen molar-refractivity contribution in [1.82, 2.24) is 9.78 Å². The lowest BCUT2D eigenvalue weighted by Gasteiger charge is -2.10. The summed E-state index contributed by atoms with van der Waals surface area (Å²) in [5, 5.41) is 5.46. The maximum Gasteiger partial charge on any atom is 0.250 e. The van der Waals surface area contributed by atoms with Crippen molar-refractivity contribution in [3.63, 3.8) is 0 Å². The van der Waals surface area contributed by atoms with E-state index >= 15 is 0 Å². The number of nitrogens with two attached hydrogens (primary N) is 1. The number of benzene rings is 2. The van der Waals surface area contributed by atoms with Crippen LogP contribution in [0.1, 0.15) is 35.7 Å². The number of primary amides is 1. The van der Waals surface area contributed by atoms with Crippen molar-refractivity contribution < 1.29 is 4.79 Å². The van der Waals surface area contributed by atoms with Crippen molar-refractivity contribution in [2.45, 2.75) is 19.8 Å². The molecule has 0 saturated heterocycles. The molecule has 0 atom stereocenters. The summed E-state index contributed by atoms with van der Waals surface area (Å²) < 4.78 is 1.78. The molecule has 0 aliphatic rings. The molecule has 0 aliphatic carbocycles. The molecule has 3 aromatic rings. The lowest BCUT2D eigenvalue weighted by Crippen LogP contribution is -2.15. The number of carbonyl (C=O) groups is 1. The summed E-state index contributed by atoms with van der Waals surface area (Å²) in [7, 11) is 0. The molecule has 2 aromatic carbocycles. The van der Waals surface area contributed by atoms with Gasteiger partial charge in [0, 0.05) is 5.39 Å². The summed E-state index contributed by atoms with van der Waals surface area (Å²) in [5.74, 6) is -0.0154. The second kappa shape index (κ2) is 5.05. The fraction of sp³-hybridized carbons (Fsp3) is 0.176. The van der Waals surface area contributed by atoms with E-state index in [2.05, 4.69) is 37.1 Å². The molecule has 0 spiro atoms. The third-order valence-electron chi connectivity index (χ3n) is 3.66. The van der Waals surface area contributed by atoms with Crippen molar-refractivity contribution in [2.75, 3.05) is 0 Å². The number of amides is 1. The van der Waals surface area contributed by atoms with Gasteiger partial charge in [-0.25, -0.2) is 4.68 Å². The Hall–Kier alpha value is -2.62. The number of nitrogens with zero attached hydrogens (tertiary/aromatic N) is 2. The first-order valence-electron chi connectivity index (χ1n) is 6.95. The van der Waals surface area contributed by atoms with Crippen LogP contribution in [-0.2, 0) is 0 Å². The first-order valence-corrected chi connectivity index (χ1v) is 6.95. The minimum atomic E-state index is -0.450. The molecule has 0 unspecified atom stereocenters. The van der Waals surface area contributed by atoms with Crippen molar-refractivity contribution in [3.05, 3.63) is 59.8 Å². The highest BCUT2D eigenvalue weighted by molar-refractivity contribution is 5.97. The van der Waals surface area contributed by atoms with Crippen LogP contribution in [0.2, 0.25) is 0 Å². The summed E-state index contributed by atoms with van der Waals surface area (Å²) >= 11 is 0. The largest absolute Gasteiger partial charge is 0.366 e. The summed E-state index contributed by atoms with van der Waals surface area (Å²) in [5.41, 5.74) is 8.86. The smallest absolute Gasteiger partial charge is 0.250 e. The third-order valence-corrected chi connectivity index (χ3v) is 3.66. The van der Waals surface area contributed by atoms with Crippen LogP contribution in [0.3, 0.4) is 0 Å². The average molecular weight is 279 g/mol. The molecule has 4 heteroatoms. The standard InChI is InChI=1S/C17H17N3O/c1-11(2)12-7-8-13-10-19-20(16(13)9-12)15-6-4-3-5-14(15)17(18)21/h3-11H,1-2H3,(H2,18,21). The zero-order valence-corrected chi connectivity index (χ0v) is 12.1. The van der Waals surface area contributed by atoms with Crippen LogP contribution in [0.15, 0.2) is 48.7 Å². The quantitative estimate of drug-likeness (QED) is 0.800. The molecule has 3 rings (SSSR count). The van der Waals surface area contributed by atoms with E-state index in [1.807, 2.05) is 12.1 Å². The first kappa shape index (κ1) is 13.4. The van der Waals surface area contributed by atoms with Gasteiger partial charge in [-0.15, -0.1) is 0 Å². The van der Waals surface area contributed by atoms with Gasteiger partial charge in [0.1, 0.15) is 0 Å². The highest BCUT2D eigenvalue weighted by Gasteiger charge is 2.13. The van der Waals surface area contributed by atoms with Crippen LogP contribution < -0.4 is 5.73 Å². The summed E-state index contributed by atoms with van der Waals surface area (Å²) in [6.45, 7) is 4.30. The molecule has 2 N–H and O–H groups in total. The Morgan fingerprint density at radius 1 is 1.19 bits per heavy atom. The Bertz CT molecular complexity index is 818. The van der Waals surface area contributed by atoms with Crippen molar-refractivity contribution >= 4 is 16.8 Å². The van der Waals surface area contributed by atoms with Gasteiger partial charge in [0.2, 0.25) is 0 Å². The lowest BCUT2D eigenvalue weighted by molar-refractivity contribution is 0.1000. The van der Waals surface area contributed by atoms with Crippen LogP contribution in [0.25, 0.3) is 16.6 Å². The normalized spacial score (nSPS) is 11.2. The van der Waals surface area contributed by atoms with Crippen LogP contribution in [0.5, 0.6) is 0 Å². The predicted molar refractivity (Wildman–Crippen MR) is 83.7 cm³/mol. The monoisotopic (exact) mass is 279 g/mol. The van der Waals surface area contributed by atoms with Crippen molar-refractivity contribution in [2.24, 2.45) is 5.73 Å². The molecule has 4 nitrogen and oxygen atoms in total. The molecule has 1 aromatic heterocycles. The Morgan fingerprint density at radius 3 is 2.67 bits per heavy atom. The van der Waals surface area contributed by atoms with Gasteiger partial charge in [-0.05, 0) is 29.7 Å². The Balaban J connectivity index is 2.26. The molecule has 0 radical (unpaired) electrons. The van der Waals surface area contributed by atoms with Gasteiger partial charge < -0.3 is 5.73 Å². The third kappa shape index (κ3) is 2.29. The SMILES string of the molecule is CC(C)c1ccc2cnn(-c3ccccc3C(N)=O)c2c1. The first-order chi connectivity index (χ1) is 10.1. The number of rotatable bonds is 3. The fourth-order valence-electron chi connectivity index (χ4n) is 2.45. The number of carbonyl (C=O) groups excluding carboxylic acids is 1. The molecule has 1 heterocycles. The van der Waals surface area contributed by atoms with Gasteiger partial charge in [-0.2, -0.15) is 5.10 Å². The van der Waals surface area contributed by atoms with Gasteiger partial charge in [0.25, 0.3) is 5.91 Å². The maximum atomic E-state index is 11.6. The molecule has 0 aliphatic heterocycles. The number of hydrogen-bond acceptors (Lipinski definition) is 2. The second-order valence-corrected chi connectivity index (χ2v) is 5.41. The molecule has 21 heavy (non-hydrogen) atoms. The molecule has 1 amide bonds. The second-order valence-electron chi connectivity index (χ2n) is 5.41. The Morgan fingerprint density at radius 2 is 1.95 bits per heavy atom. The fourth-order valence-corrected chi connectivity index (χ4v) is 2.45. The Labute approximate surface area is 123 Å².